The van der Waals surface area contributed by atoms with Crippen LogP contribution >= 0.6 is 0 Å². The molecule has 130 heavy (non-hydrogen) atoms. The maximum Gasteiger partial charge on any atom is 0.569 e. The minimum Gasteiger partial charge on any atom is -0.537 e. The third-order valence-corrected chi connectivity index (χ3v) is 20.9. The highest BCUT2D eigenvalue weighted by atomic mass is 16.5. The molecule has 0 saturated carbocycles. The maximum absolute atomic E-state index is 8.99. The molecule has 10 aromatic heterocycles. The van der Waals surface area contributed by atoms with Crippen molar-refractivity contribution in [2.24, 2.45) is 0 Å². The van der Waals surface area contributed by atoms with Crippen LogP contribution in [0, 0.1) is 6.92 Å². The van der Waals surface area contributed by atoms with Gasteiger partial charge in [0.1, 0.15) is 122 Å². The summed E-state index contributed by atoms with van der Waals surface area (Å²) in [6.07, 6.45) is 39.1. The van der Waals surface area contributed by atoms with Crippen molar-refractivity contribution in [2.75, 3.05) is 0 Å². The van der Waals surface area contributed by atoms with Crippen LogP contribution in [0.3, 0.4) is 0 Å². The van der Waals surface area contributed by atoms with Crippen molar-refractivity contribution in [1.29, 1.82) is 0 Å². The molecular weight excluding hydrogens is 1640 g/mol. The highest BCUT2D eigenvalue weighted by molar-refractivity contribution is 6.19. The first-order valence-corrected chi connectivity index (χ1v) is 41.0. The van der Waals surface area contributed by atoms with Crippen molar-refractivity contribution < 1.29 is 104 Å². The summed E-state index contributed by atoms with van der Waals surface area (Å²) in [5, 5.41) is 62.8. The average molecular weight is 1730 g/mol. The highest BCUT2D eigenvalue weighted by Gasteiger charge is 2.23. The minimum atomic E-state index is 0.518. The third kappa shape index (κ3) is 23.7. The Balaban J connectivity index is 0.000000133. The van der Waals surface area contributed by atoms with E-state index in [1.54, 1.807) is 37.4 Å². The molecule has 0 saturated heterocycles. The Morgan fingerprint density at radius 1 is 0.254 bits per heavy atom. The van der Waals surface area contributed by atoms with Gasteiger partial charge in [0.05, 0.1) is 33.6 Å². The van der Waals surface area contributed by atoms with E-state index >= 15 is 0 Å². The number of nitrogens with zero attached hydrogens (tertiary/aromatic N) is 16. The molecule has 0 bridgehead atoms. The van der Waals surface area contributed by atoms with Gasteiger partial charge in [-0.05, 0) is 101 Å². The van der Waals surface area contributed by atoms with Crippen LogP contribution in [0.25, 0.3) is 45.1 Å². The summed E-state index contributed by atoms with van der Waals surface area (Å²) in [7, 11) is 4.84. The van der Waals surface area contributed by atoms with Crippen molar-refractivity contribution >= 4 is 76.1 Å². The molecule has 18 rings (SSSR count). The number of aromatic nitrogens is 16. The summed E-state index contributed by atoms with van der Waals surface area (Å²) in [5.74, 6) is 4.25. The Hall–Kier alpha value is -15.3. The van der Waals surface area contributed by atoms with E-state index < -0.39 is 0 Å². The van der Waals surface area contributed by atoms with Crippen LogP contribution < -0.4 is 69.1 Å². The van der Waals surface area contributed by atoms with Gasteiger partial charge >= 0.3 is 53.8 Å². The smallest absolute Gasteiger partial charge is 0.537 e. The van der Waals surface area contributed by atoms with Gasteiger partial charge in [0.2, 0.25) is 18.9 Å². The van der Waals surface area contributed by atoms with Gasteiger partial charge in [0.25, 0.3) is 23.9 Å². The molecule has 7 N–H and O–H groups in total. The standard InChI is InChI=1S/2C24H21B2N5O4.C23H23BN3O2.C22H21B2N3O4/c2*32-25-34-22-7-3-1-5-18(22)13-29-11-9-20(10-12-29)31-17-27-21-15-30(16-28-24(21)31)14-19-6-2-4-8-23(19)35-26-33;1-19-7-2-3-8-20(19)15-26-13-14-27(18-26)22-10-6-12-25(17-22)16-21-9-4-5-11-23(21)29-24-28;28-23-30-21-7-3-1-5-18(21)15-25-11-9-20(10-12-25)27-14-13-26(17-27)16-19-6-2-4-8-22(19)31-24-29/h2*1-12,15-17,32-33H,13-14H2;2-14,17-18,28H,15-16H2,1H3;1-14,17,28-29H,15-16H2/q4*+2. The van der Waals surface area contributed by atoms with Gasteiger partial charge in [-0.1, -0.05) is 127 Å². The average Bonchev–Trinajstić information content (AvgIpc) is 1.63. The number of benzene rings is 8. The lowest BCUT2D eigenvalue weighted by atomic mass is 10.1. The zero-order chi connectivity index (χ0) is 89.6. The fraction of sp³-hybridized carbons (Fsp3) is 0.0968. The third-order valence-electron chi connectivity index (χ3n) is 20.9. The van der Waals surface area contributed by atoms with Crippen LogP contribution in [-0.4, -0.2) is 127 Å². The van der Waals surface area contributed by atoms with E-state index in [1.807, 2.05) is 316 Å². The van der Waals surface area contributed by atoms with Crippen molar-refractivity contribution in [3.8, 4) is 63.0 Å². The molecule has 7 radical (unpaired) electrons. The Morgan fingerprint density at radius 3 is 0.862 bits per heavy atom. The zero-order valence-electron chi connectivity index (χ0n) is 70.5. The van der Waals surface area contributed by atoms with E-state index in [0.29, 0.717) is 140 Å². The molecule has 0 fully saturated rings. The normalized spacial score (nSPS) is 10.7. The van der Waals surface area contributed by atoms with Gasteiger partial charge in [0.15, 0.2) is 86.3 Å². The van der Waals surface area contributed by atoms with Crippen LogP contribution in [0.15, 0.2) is 367 Å². The fourth-order valence-electron chi connectivity index (χ4n) is 14.5. The van der Waals surface area contributed by atoms with Crippen molar-refractivity contribution in [3.63, 3.8) is 0 Å². The molecule has 0 aliphatic heterocycles. The van der Waals surface area contributed by atoms with Crippen LogP contribution in [0.5, 0.6) is 40.2 Å². The first-order chi connectivity index (χ1) is 64.0. The number of para-hydroxylation sites is 7. The van der Waals surface area contributed by atoms with E-state index in [-0.39, 0.29) is 0 Å². The number of hydrogen-bond acceptors (Lipinski definition) is 18. The topological polar surface area (TPSA) is 309 Å². The molecule has 37 heteroatoms. The van der Waals surface area contributed by atoms with E-state index in [9.17, 15) is 0 Å². The SMILES string of the molecule is Cc1ccccc1C[n+]1ccn(-c2ccc[n+](Cc3ccccc3O[B]O)c2)c1.O[B]Oc1ccccc1C[n+]1ccc(-n2cc[n+](Cc3ccccc3O[B]O)c2)cc1.O[B]Oc1ccccc1C[n+]1ccc(-n2cnc3c[n+](Cc4ccccc4O[B]O)cnc32)cc1.O[B]Oc1ccccc1C[n+]1ccc(-n2cnc3c[n+](Cc4ccccc4O[B]O)cnc32)cc1. The first kappa shape index (κ1) is 89.5. The molecule has 30 nitrogen and oxygen atoms in total. The summed E-state index contributed by atoms with van der Waals surface area (Å²) in [4.78, 5) is 18.3. The van der Waals surface area contributed by atoms with Crippen LogP contribution in [0.4, 0.5) is 0 Å². The van der Waals surface area contributed by atoms with Gasteiger partial charge < -0.3 is 67.7 Å². The summed E-state index contributed by atoms with van der Waals surface area (Å²) in [5.41, 5.74) is 16.2. The second-order valence-electron chi connectivity index (χ2n) is 29.4. The molecule has 0 spiro atoms. The molecule has 0 amide bonds. The Labute approximate surface area is 754 Å². The van der Waals surface area contributed by atoms with Crippen LogP contribution in [-0.2, 0) is 52.4 Å². The number of hydrogen-bond donors (Lipinski definition) is 7. The monoisotopic (exact) mass is 1730 g/mol. The molecule has 0 aliphatic rings. The quantitative estimate of drug-likeness (QED) is 0.0203. The predicted octanol–water partition coefficient (Wildman–Crippen LogP) is 5.13. The lowest BCUT2D eigenvalue weighted by molar-refractivity contribution is -0.690. The number of aryl methyl sites for hydroxylation is 1. The molecule has 10 heterocycles. The van der Waals surface area contributed by atoms with Crippen LogP contribution in [0.2, 0.25) is 0 Å². The molecule has 8 aromatic carbocycles. The maximum atomic E-state index is 8.99. The first-order valence-electron chi connectivity index (χ1n) is 41.0. The Bertz CT molecular complexity index is 6510. The predicted molar refractivity (Wildman–Crippen MR) is 480 cm³/mol. The minimum absolute atomic E-state index is 0.518. The van der Waals surface area contributed by atoms with E-state index in [4.69, 9.17) is 67.7 Å². The van der Waals surface area contributed by atoms with Gasteiger partial charge in [-0.2, -0.15) is 9.13 Å². The number of pyridine rings is 4. The highest BCUT2D eigenvalue weighted by Crippen LogP contribution is 2.26. The summed E-state index contributed by atoms with van der Waals surface area (Å²) < 4.78 is 60.5. The molecule has 635 valence electrons. The second kappa shape index (κ2) is 45.2. The molecular formula is C93H86B7N16O14+8. The number of rotatable bonds is 34. The molecule has 18 aromatic rings. The Kier molecular flexibility index (Phi) is 31.1. The molecule has 0 aliphatic carbocycles. The summed E-state index contributed by atoms with van der Waals surface area (Å²) >= 11 is 0. The van der Waals surface area contributed by atoms with Gasteiger partial charge in [-0.3, -0.25) is 9.13 Å². The Morgan fingerprint density at radius 2 is 0.531 bits per heavy atom. The summed E-state index contributed by atoms with van der Waals surface area (Å²) in [6, 6.07) is 77.5. The van der Waals surface area contributed by atoms with E-state index in [0.717, 1.165) is 90.6 Å². The lowest BCUT2D eigenvalue weighted by Gasteiger charge is -2.08. The largest absolute Gasteiger partial charge is 0.569 e. The molecule has 0 atom stereocenters. The summed E-state index contributed by atoms with van der Waals surface area (Å²) in [6.45, 7) is 7.07. The van der Waals surface area contributed by atoms with Gasteiger partial charge in [-0.15, -0.1) is 0 Å². The van der Waals surface area contributed by atoms with E-state index in [2.05, 4.69) is 95.8 Å². The van der Waals surface area contributed by atoms with Crippen molar-refractivity contribution in [3.05, 3.63) is 417 Å². The van der Waals surface area contributed by atoms with E-state index in [1.165, 1.54) is 11.1 Å². The van der Waals surface area contributed by atoms with Crippen molar-refractivity contribution in [2.45, 2.75) is 59.3 Å². The lowest BCUT2D eigenvalue weighted by Crippen LogP contribution is -2.34. The second-order valence-corrected chi connectivity index (χ2v) is 29.4. The van der Waals surface area contributed by atoms with Crippen molar-refractivity contribution in [1.82, 2.24) is 38.2 Å². The number of imidazole rings is 4. The fourth-order valence-corrected chi connectivity index (χ4v) is 14.5. The van der Waals surface area contributed by atoms with Crippen LogP contribution in [0.1, 0.15) is 50.1 Å². The zero-order valence-corrected chi connectivity index (χ0v) is 70.5. The number of fused-ring (bicyclic) bond motifs is 2. The van der Waals surface area contributed by atoms with Gasteiger partial charge in [0, 0.05) is 59.2 Å². The van der Waals surface area contributed by atoms with Gasteiger partial charge in [-0.25, -0.2) is 46.5 Å². The molecule has 0 unspecified atom stereocenters.